The second-order valence-electron chi connectivity index (χ2n) is 4.89. The summed E-state index contributed by atoms with van der Waals surface area (Å²) in [5, 5.41) is 3.96. The predicted octanol–water partition coefficient (Wildman–Crippen LogP) is 6.32. The number of hydrogen-bond acceptors (Lipinski definition) is 1. The summed E-state index contributed by atoms with van der Waals surface area (Å²) in [7, 11) is 0. The zero-order valence-electron chi connectivity index (χ0n) is 11.3. The van der Waals surface area contributed by atoms with Gasteiger partial charge in [0, 0.05) is 30.1 Å². The molecule has 0 fully saturated rings. The van der Waals surface area contributed by atoms with Crippen molar-refractivity contribution in [3.05, 3.63) is 59.9 Å². The second kappa shape index (κ2) is 6.00. The van der Waals surface area contributed by atoms with E-state index < -0.39 is 0 Å². The molecule has 3 rings (SSSR count). The number of amides is 1. The fourth-order valence-corrected chi connectivity index (χ4v) is 4.11. The van der Waals surface area contributed by atoms with Crippen molar-refractivity contribution in [2.45, 2.75) is 6.92 Å². The van der Waals surface area contributed by atoms with Crippen molar-refractivity contribution < 1.29 is 4.79 Å². The zero-order valence-corrected chi connectivity index (χ0v) is 16.0. The lowest BCUT2D eigenvalue weighted by Gasteiger charge is -2.08. The van der Waals surface area contributed by atoms with E-state index in [1.54, 1.807) is 24.3 Å². The number of halogens is 4. The number of nitrogens with one attached hydrogen (secondary N) is 1. The van der Waals surface area contributed by atoms with E-state index in [2.05, 4.69) is 37.2 Å². The predicted molar refractivity (Wildman–Crippen MR) is 99.5 cm³/mol. The third kappa shape index (κ3) is 2.73. The molecule has 0 atom stereocenters. The van der Waals surface area contributed by atoms with Gasteiger partial charge in [-0.05, 0) is 58.3 Å². The van der Waals surface area contributed by atoms with Crippen molar-refractivity contribution in [2.75, 3.05) is 5.32 Å². The molecule has 0 saturated carbocycles. The Morgan fingerprint density at radius 3 is 2.55 bits per heavy atom. The lowest BCUT2D eigenvalue weighted by atomic mass is 9.99. The van der Waals surface area contributed by atoms with Crippen molar-refractivity contribution in [1.82, 2.24) is 0 Å². The van der Waals surface area contributed by atoms with E-state index in [0.717, 1.165) is 31.3 Å². The van der Waals surface area contributed by atoms with Gasteiger partial charge >= 0.3 is 0 Å². The molecular weight excluding hydrogens is 453 g/mol. The lowest BCUT2D eigenvalue weighted by molar-refractivity contribution is -0.110. The summed E-state index contributed by atoms with van der Waals surface area (Å²) >= 11 is 19.1. The molecule has 2 aromatic rings. The van der Waals surface area contributed by atoms with Crippen molar-refractivity contribution in [3.63, 3.8) is 0 Å². The Morgan fingerprint density at radius 2 is 1.86 bits per heavy atom. The summed E-state index contributed by atoms with van der Waals surface area (Å²) in [4.78, 5) is 12.3. The molecule has 2 aromatic carbocycles. The van der Waals surface area contributed by atoms with Gasteiger partial charge in [-0.1, -0.05) is 45.2 Å². The van der Waals surface area contributed by atoms with Gasteiger partial charge in [0.1, 0.15) is 0 Å². The molecular formula is C16H9Br2Cl2NO. The molecule has 0 radical (unpaired) electrons. The Kier molecular flexibility index (Phi) is 4.38. The standard InChI is InChI=1S/C16H9Br2Cl2NO/c1-7-11(17)6-12(18)15-14(7)10(16(22)21-15)4-8-2-3-9(19)5-13(8)20/h2-6H,1H3,(H,21,22). The van der Waals surface area contributed by atoms with Crippen LogP contribution in [0.3, 0.4) is 0 Å². The van der Waals surface area contributed by atoms with Gasteiger partial charge in [0.25, 0.3) is 5.91 Å². The van der Waals surface area contributed by atoms with Gasteiger partial charge in [-0.15, -0.1) is 0 Å². The summed E-state index contributed by atoms with van der Waals surface area (Å²) in [5.74, 6) is -0.150. The van der Waals surface area contributed by atoms with Gasteiger partial charge in [0.05, 0.1) is 5.69 Å². The fourth-order valence-electron chi connectivity index (χ4n) is 2.38. The molecule has 0 saturated heterocycles. The summed E-state index contributed by atoms with van der Waals surface area (Å²) in [6.45, 7) is 1.97. The summed E-state index contributed by atoms with van der Waals surface area (Å²) in [6.07, 6.45) is 1.78. The van der Waals surface area contributed by atoms with Crippen molar-refractivity contribution in [1.29, 1.82) is 0 Å². The minimum Gasteiger partial charge on any atom is -0.320 e. The van der Waals surface area contributed by atoms with E-state index in [4.69, 9.17) is 23.2 Å². The average molecular weight is 462 g/mol. The molecule has 6 heteroatoms. The van der Waals surface area contributed by atoms with Gasteiger partial charge in [-0.25, -0.2) is 0 Å². The first-order valence-corrected chi connectivity index (χ1v) is 8.69. The quantitative estimate of drug-likeness (QED) is 0.495. The van der Waals surface area contributed by atoms with Crippen LogP contribution in [0.1, 0.15) is 16.7 Å². The Bertz CT molecular complexity index is 847. The SMILES string of the molecule is Cc1c(Br)cc(Br)c2c1C(=Cc1ccc(Cl)cc1Cl)C(=O)N2. The first kappa shape index (κ1) is 16.1. The van der Waals surface area contributed by atoms with Gasteiger partial charge in [0.15, 0.2) is 0 Å². The van der Waals surface area contributed by atoms with Crippen LogP contribution in [0.25, 0.3) is 11.6 Å². The molecule has 0 aromatic heterocycles. The van der Waals surface area contributed by atoms with Crippen LogP contribution in [0.4, 0.5) is 5.69 Å². The number of benzene rings is 2. The zero-order chi connectivity index (χ0) is 16.0. The Labute approximate surface area is 154 Å². The molecule has 0 spiro atoms. The maximum absolute atomic E-state index is 12.3. The maximum atomic E-state index is 12.3. The maximum Gasteiger partial charge on any atom is 0.256 e. The van der Waals surface area contributed by atoms with E-state index >= 15 is 0 Å². The minimum atomic E-state index is -0.150. The van der Waals surface area contributed by atoms with Gasteiger partial charge < -0.3 is 5.32 Å². The van der Waals surface area contributed by atoms with Crippen molar-refractivity contribution in [2.24, 2.45) is 0 Å². The molecule has 1 N–H and O–H groups in total. The van der Waals surface area contributed by atoms with Gasteiger partial charge in [-0.3, -0.25) is 4.79 Å². The van der Waals surface area contributed by atoms with Crippen LogP contribution >= 0.6 is 55.1 Å². The minimum absolute atomic E-state index is 0.150. The summed E-state index contributed by atoms with van der Waals surface area (Å²) < 4.78 is 1.77. The van der Waals surface area contributed by atoms with E-state index in [1.807, 2.05) is 13.0 Å². The summed E-state index contributed by atoms with van der Waals surface area (Å²) in [6, 6.07) is 7.13. The molecule has 0 bridgehead atoms. The van der Waals surface area contributed by atoms with Crippen LogP contribution in [0, 0.1) is 6.92 Å². The first-order chi connectivity index (χ1) is 10.4. The highest BCUT2D eigenvalue weighted by Gasteiger charge is 2.29. The molecule has 1 heterocycles. The number of hydrogen-bond donors (Lipinski definition) is 1. The molecule has 2 nitrogen and oxygen atoms in total. The number of rotatable bonds is 1. The van der Waals surface area contributed by atoms with E-state index in [1.165, 1.54) is 0 Å². The summed E-state index contributed by atoms with van der Waals surface area (Å²) in [5.41, 5.74) is 3.98. The van der Waals surface area contributed by atoms with Crippen LogP contribution in [0.2, 0.25) is 10.0 Å². The van der Waals surface area contributed by atoms with Gasteiger partial charge in [0.2, 0.25) is 0 Å². The highest BCUT2D eigenvalue weighted by molar-refractivity contribution is 9.11. The molecule has 1 aliphatic heterocycles. The van der Waals surface area contributed by atoms with Crippen molar-refractivity contribution in [3.8, 4) is 0 Å². The molecule has 0 unspecified atom stereocenters. The lowest BCUT2D eigenvalue weighted by Crippen LogP contribution is -2.03. The normalized spacial score (nSPS) is 15.1. The van der Waals surface area contributed by atoms with Crippen LogP contribution in [0.15, 0.2) is 33.2 Å². The first-order valence-electron chi connectivity index (χ1n) is 6.35. The third-order valence-corrected chi connectivity index (χ3v) is 5.50. The third-order valence-electron chi connectivity index (χ3n) is 3.49. The Hall–Kier alpha value is -0.810. The number of anilines is 1. The largest absolute Gasteiger partial charge is 0.320 e. The van der Waals surface area contributed by atoms with Crippen LogP contribution in [0.5, 0.6) is 0 Å². The number of carbonyl (C=O) groups excluding carboxylic acids is 1. The molecule has 1 amide bonds. The smallest absolute Gasteiger partial charge is 0.256 e. The van der Waals surface area contributed by atoms with Crippen LogP contribution in [-0.4, -0.2) is 5.91 Å². The van der Waals surface area contributed by atoms with Crippen molar-refractivity contribution >= 4 is 78.3 Å². The van der Waals surface area contributed by atoms with Crippen LogP contribution < -0.4 is 5.32 Å². The van der Waals surface area contributed by atoms with E-state index in [0.29, 0.717) is 15.6 Å². The topological polar surface area (TPSA) is 29.1 Å². The number of fused-ring (bicyclic) bond motifs is 1. The van der Waals surface area contributed by atoms with Gasteiger partial charge in [-0.2, -0.15) is 0 Å². The Balaban J connectivity index is 2.22. The number of carbonyl (C=O) groups is 1. The highest BCUT2D eigenvalue weighted by Crippen LogP contribution is 2.43. The van der Waals surface area contributed by atoms with Crippen LogP contribution in [-0.2, 0) is 4.79 Å². The fraction of sp³-hybridized carbons (Fsp3) is 0.0625. The second-order valence-corrected chi connectivity index (χ2v) is 7.45. The molecule has 0 aliphatic carbocycles. The van der Waals surface area contributed by atoms with E-state index in [9.17, 15) is 4.79 Å². The molecule has 1 aliphatic rings. The Morgan fingerprint density at radius 1 is 1.14 bits per heavy atom. The monoisotopic (exact) mass is 459 g/mol. The average Bonchev–Trinajstić information content (AvgIpc) is 2.77. The highest BCUT2D eigenvalue weighted by atomic mass is 79.9. The van der Waals surface area contributed by atoms with E-state index in [-0.39, 0.29) is 5.91 Å². The molecule has 112 valence electrons. The molecule has 22 heavy (non-hydrogen) atoms.